The van der Waals surface area contributed by atoms with Crippen molar-refractivity contribution in [1.29, 1.82) is 0 Å². The maximum atomic E-state index is 11.9. The summed E-state index contributed by atoms with van der Waals surface area (Å²) in [5.74, 6) is 0.608. The molecule has 1 atom stereocenters. The molecule has 0 radical (unpaired) electrons. The molecule has 0 saturated heterocycles. The number of aromatic hydroxyl groups is 1. The lowest BCUT2D eigenvalue weighted by Gasteiger charge is -2.23. The van der Waals surface area contributed by atoms with Crippen LogP contribution in [0.3, 0.4) is 0 Å². The Balaban J connectivity index is 1.76. The van der Waals surface area contributed by atoms with Crippen molar-refractivity contribution in [2.75, 3.05) is 5.32 Å². The van der Waals surface area contributed by atoms with E-state index in [-0.39, 0.29) is 17.5 Å². The molecule has 0 aliphatic heterocycles. The van der Waals surface area contributed by atoms with E-state index < -0.39 is 0 Å². The minimum absolute atomic E-state index is 0.149. The Hall–Kier alpha value is -2.55. The highest BCUT2D eigenvalue weighted by atomic mass is 16.3. The SMILES string of the molecule is O=C1C=C(Nc2ccc(O)cc2)C[C@@H](c2ccccc2)C1. The van der Waals surface area contributed by atoms with Crippen LogP contribution in [0.15, 0.2) is 66.4 Å². The molecule has 0 aromatic heterocycles. The molecular formula is C18H17NO2. The monoisotopic (exact) mass is 279 g/mol. The van der Waals surface area contributed by atoms with Crippen LogP contribution in [0.25, 0.3) is 0 Å². The highest BCUT2D eigenvalue weighted by Crippen LogP contribution is 2.31. The summed E-state index contributed by atoms with van der Waals surface area (Å²) in [7, 11) is 0. The van der Waals surface area contributed by atoms with Gasteiger partial charge in [0.05, 0.1) is 0 Å². The molecule has 3 heteroatoms. The van der Waals surface area contributed by atoms with Gasteiger partial charge in [-0.2, -0.15) is 0 Å². The summed E-state index contributed by atoms with van der Waals surface area (Å²) < 4.78 is 0. The highest BCUT2D eigenvalue weighted by molar-refractivity contribution is 5.92. The van der Waals surface area contributed by atoms with Crippen LogP contribution in [0.4, 0.5) is 5.69 Å². The Bertz CT molecular complexity index is 659. The standard InChI is InChI=1S/C18H17NO2/c20-17-8-6-15(7-9-17)19-16-10-14(11-18(21)12-16)13-4-2-1-3-5-13/h1-9,12,14,19-20H,10-11H2/t14-/m1/s1. The van der Waals surface area contributed by atoms with E-state index in [2.05, 4.69) is 17.4 Å². The summed E-state index contributed by atoms with van der Waals surface area (Å²) in [5.41, 5.74) is 3.00. The van der Waals surface area contributed by atoms with Crippen LogP contribution in [-0.4, -0.2) is 10.9 Å². The second-order valence-corrected chi connectivity index (χ2v) is 5.32. The van der Waals surface area contributed by atoms with Crippen molar-refractivity contribution >= 4 is 11.5 Å². The third-order valence-corrected chi connectivity index (χ3v) is 3.69. The quantitative estimate of drug-likeness (QED) is 0.839. The van der Waals surface area contributed by atoms with Crippen molar-refractivity contribution in [1.82, 2.24) is 0 Å². The zero-order chi connectivity index (χ0) is 14.7. The van der Waals surface area contributed by atoms with E-state index in [9.17, 15) is 9.90 Å². The molecule has 3 nitrogen and oxygen atoms in total. The Morgan fingerprint density at radius 3 is 2.38 bits per heavy atom. The van der Waals surface area contributed by atoms with Crippen molar-refractivity contribution in [3.05, 3.63) is 71.9 Å². The number of hydrogen-bond donors (Lipinski definition) is 2. The van der Waals surface area contributed by atoms with Crippen molar-refractivity contribution in [3.63, 3.8) is 0 Å². The number of phenols is 1. The van der Waals surface area contributed by atoms with E-state index in [1.54, 1.807) is 30.3 Å². The molecule has 0 unspecified atom stereocenters. The van der Waals surface area contributed by atoms with Gasteiger partial charge in [-0.05, 0) is 42.2 Å². The largest absolute Gasteiger partial charge is 0.508 e. The first-order valence-electron chi connectivity index (χ1n) is 7.05. The van der Waals surface area contributed by atoms with Crippen LogP contribution in [-0.2, 0) is 4.79 Å². The van der Waals surface area contributed by atoms with Gasteiger partial charge in [0.2, 0.25) is 0 Å². The fraction of sp³-hybridized carbons (Fsp3) is 0.167. The van der Waals surface area contributed by atoms with Crippen LogP contribution >= 0.6 is 0 Å². The van der Waals surface area contributed by atoms with Gasteiger partial charge in [0.15, 0.2) is 5.78 Å². The summed E-state index contributed by atoms with van der Waals surface area (Å²) in [5, 5.41) is 12.6. The molecule has 2 aromatic rings. The molecule has 0 spiro atoms. The van der Waals surface area contributed by atoms with E-state index in [0.29, 0.717) is 6.42 Å². The summed E-state index contributed by atoms with van der Waals surface area (Å²) in [6.45, 7) is 0. The van der Waals surface area contributed by atoms with Gasteiger partial charge in [-0.1, -0.05) is 30.3 Å². The number of rotatable bonds is 3. The molecule has 0 saturated carbocycles. The van der Waals surface area contributed by atoms with Crippen LogP contribution in [0, 0.1) is 0 Å². The van der Waals surface area contributed by atoms with Crippen molar-refractivity contribution < 1.29 is 9.90 Å². The molecule has 0 heterocycles. The number of hydrogen-bond acceptors (Lipinski definition) is 3. The summed E-state index contributed by atoms with van der Waals surface area (Å²) in [6, 6.07) is 17.0. The number of carbonyl (C=O) groups is 1. The van der Waals surface area contributed by atoms with Gasteiger partial charge >= 0.3 is 0 Å². The first-order chi connectivity index (χ1) is 10.2. The Morgan fingerprint density at radius 1 is 0.952 bits per heavy atom. The van der Waals surface area contributed by atoms with E-state index in [1.807, 2.05) is 18.2 Å². The Kier molecular flexibility index (Phi) is 3.73. The van der Waals surface area contributed by atoms with Crippen molar-refractivity contribution in [2.45, 2.75) is 18.8 Å². The second-order valence-electron chi connectivity index (χ2n) is 5.32. The van der Waals surface area contributed by atoms with Gasteiger partial charge in [-0.15, -0.1) is 0 Å². The zero-order valence-corrected chi connectivity index (χ0v) is 11.6. The van der Waals surface area contributed by atoms with Gasteiger partial charge in [0.25, 0.3) is 0 Å². The molecule has 0 fully saturated rings. The number of ketones is 1. The summed E-state index contributed by atoms with van der Waals surface area (Å²) >= 11 is 0. The third-order valence-electron chi connectivity index (χ3n) is 3.69. The lowest BCUT2D eigenvalue weighted by Crippen LogP contribution is -2.16. The van der Waals surface area contributed by atoms with Gasteiger partial charge in [0.1, 0.15) is 5.75 Å². The molecule has 106 valence electrons. The minimum atomic E-state index is 0.149. The smallest absolute Gasteiger partial charge is 0.158 e. The van der Waals surface area contributed by atoms with Crippen LogP contribution in [0.5, 0.6) is 5.75 Å². The van der Waals surface area contributed by atoms with Crippen LogP contribution in [0.1, 0.15) is 24.3 Å². The molecule has 0 bridgehead atoms. The van der Waals surface area contributed by atoms with Crippen LogP contribution in [0.2, 0.25) is 0 Å². The number of nitrogens with one attached hydrogen (secondary N) is 1. The molecular weight excluding hydrogens is 262 g/mol. The van der Waals surface area contributed by atoms with Gasteiger partial charge in [-0.25, -0.2) is 0 Å². The Labute approximate surface area is 123 Å². The van der Waals surface area contributed by atoms with E-state index in [0.717, 1.165) is 17.8 Å². The molecule has 2 N–H and O–H groups in total. The van der Waals surface area contributed by atoms with E-state index >= 15 is 0 Å². The minimum Gasteiger partial charge on any atom is -0.508 e. The predicted octanol–water partition coefficient (Wildman–Crippen LogP) is 3.83. The predicted molar refractivity (Wildman–Crippen MR) is 83.2 cm³/mol. The topological polar surface area (TPSA) is 49.3 Å². The second kappa shape index (κ2) is 5.83. The van der Waals surface area contributed by atoms with Crippen molar-refractivity contribution in [3.8, 4) is 5.75 Å². The average Bonchev–Trinajstić information content (AvgIpc) is 2.50. The number of benzene rings is 2. The Morgan fingerprint density at radius 2 is 1.67 bits per heavy atom. The fourth-order valence-corrected chi connectivity index (χ4v) is 2.67. The lowest BCUT2D eigenvalue weighted by atomic mass is 9.85. The lowest BCUT2D eigenvalue weighted by molar-refractivity contribution is -0.115. The number of anilines is 1. The van der Waals surface area contributed by atoms with E-state index in [4.69, 9.17) is 0 Å². The third kappa shape index (κ3) is 3.31. The average molecular weight is 279 g/mol. The first kappa shape index (κ1) is 13.4. The first-order valence-corrected chi connectivity index (χ1v) is 7.05. The highest BCUT2D eigenvalue weighted by Gasteiger charge is 2.22. The molecule has 21 heavy (non-hydrogen) atoms. The molecule has 0 amide bonds. The van der Waals surface area contributed by atoms with Gasteiger partial charge in [0, 0.05) is 23.9 Å². The molecule has 1 aliphatic carbocycles. The zero-order valence-electron chi connectivity index (χ0n) is 11.6. The van der Waals surface area contributed by atoms with Crippen LogP contribution < -0.4 is 5.32 Å². The number of carbonyl (C=O) groups excluding carboxylic acids is 1. The molecule has 1 aliphatic rings. The maximum absolute atomic E-state index is 11.9. The van der Waals surface area contributed by atoms with E-state index in [1.165, 1.54) is 5.56 Å². The maximum Gasteiger partial charge on any atom is 0.158 e. The summed E-state index contributed by atoms with van der Waals surface area (Å²) in [4.78, 5) is 11.9. The fourth-order valence-electron chi connectivity index (χ4n) is 2.67. The number of phenolic OH excluding ortho intramolecular Hbond substituents is 1. The normalized spacial score (nSPS) is 18.2. The van der Waals surface area contributed by atoms with Gasteiger partial charge in [-0.3, -0.25) is 4.79 Å². The molecule has 3 rings (SSSR count). The van der Waals surface area contributed by atoms with Crippen molar-refractivity contribution in [2.24, 2.45) is 0 Å². The van der Waals surface area contributed by atoms with Gasteiger partial charge < -0.3 is 10.4 Å². The number of allylic oxidation sites excluding steroid dienone is 2. The summed E-state index contributed by atoms with van der Waals surface area (Å²) in [6.07, 6.45) is 3.06. The molecule has 2 aromatic carbocycles.